The van der Waals surface area contributed by atoms with E-state index in [4.69, 9.17) is 5.73 Å². The van der Waals surface area contributed by atoms with Crippen molar-refractivity contribution in [1.29, 1.82) is 0 Å². The van der Waals surface area contributed by atoms with Gasteiger partial charge < -0.3 is 11.1 Å². The Balaban J connectivity index is 1.80. The number of primary amides is 1. The predicted octanol–water partition coefficient (Wildman–Crippen LogP) is 1.75. The lowest BCUT2D eigenvalue weighted by Crippen LogP contribution is -2.35. The van der Waals surface area contributed by atoms with Crippen LogP contribution in [0.25, 0.3) is 21.7 Å². The molecule has 24 heavy (non-hydrogen) atoms. The van der Waals surface area contributed by atoms with Gasteiger partial charge in [0, 0.05) is 19.2 Å². The Kier molecular flexibility index (Phi) is 4.62. The molecule has 3 rings (SSSR count). The number of aromatic nitrogens is 3. The maximum atomic E-state index is 11.5. The molecule has 0 aliphatic carbocycles. The molecule has 3 heterocycles. The molecule has 0 spiro atoms. The standard InChI is InChI=1S/C15H14N6O2S/c16-15(23)19-11(22)4-7-18-12-9-5-8-24-14(9)21-13(20-12)10-3-1-2-6-17-10/h1-3,5-6,8H,4,7H2,(H,18,20,21)(H3,16,19,22,23). The summed E-state index contributed by atoms with van der Waals surface area (Å²) in [5, 5.41) is 7.91. The highest BCUT2D eigenvalue weighted by atomic mass is 32.1. The first kappa shape index (κ1) is 15.8. The number of nitrogens with zero attached hydrogens (tertiary/aromatic N) is 3. The number of anilines is 1. The van der Waals surface area contributed by atoms with E-state index in [9.17, 15) is 9.59 Å². The van der Waals surface area contributed by atoms with Crippen LogP contribution in [0.15, 0.2) is 35.8 Å². The topological polar surface area (TPSA) is 123 Å². The van der Waals surface area contributed by atoms with Crippen molar-refractivity contribution in [2.24, 2.45) is 5.73 Å². The Labute approximate surface area is 141 Å². The number of urea groups is 1. The van der Waals surface area contributed by atoms with Crippen LogP contribution in [0.5, 0.6) is 0 Å². The van der Waals surface area contributed by atoms with E-state index in [0.29, 0.717) is 23.9 Å². The van der Waals surface area contributed by atoms with Gasteiger partial charge in [-0.3, -0.25) is 15.1 Å². The monoisotopic (exact) mass is 342 g/mol. The van der Waals surface area contributed by atoms with Crippen LogP contribution in [-0.4, -0.2) is 33.4 Å². The van der Waals surface area contributed by atoms with E-state index in [2.05, 4.69) is 20.3 Å². The van der Waals surface area contributed by atoms with E-state index < -0.39 is 11.9 Å². The number of fused-ring (bicyclic) bond motifs is 1. The molecular weight excluding hydrogens is 328 g/mol. The van der Waals surface area contributed by atoms with Gasteiger partial charge in [0.2, 0.25) is 5.91 Å². The number of carbonyl (C=O) groups is 2. The summed E-state index contributed by atoms with van der Waals surface area (Å²) in [4.78, 5) is 36.2. The second kappa shape index (κ2) is 7.01. The molecule has 0 radical (unpaired) electrons. The summed E-state index contributed by atoms with van der Waals surface area (Å²) >= 11 is 1.50. The van der Waals surface area contributed by atoms with Crippen LogP contribution in [0.4, 0.5) is 10.6 Å². The molecule has 3 aromatic rings. The molecule has 3 aromatic heterocycles. The Bertz CT molecular complexity index is 880. The first-order chi connectivity index (χ1) is 11.6. The van der Waals surface area contributed by atoms with Crippen molar-refractivity contribution >= 4 is 39.3 Å². The van der Waals surface area contributed by atoms with Crippen LogP contribution in [0.1, 0.15) is 6.42 Å². The van der Waals surface area contributed by atoms with Gasteiger partial charge in [0.15, 0.2) is 5.82 Å². The Morgan fingerprint density at radius 1 is 1.21 bits per heavy atom. The van der Waals surface area contributed by atoms with Crippen molar-refractivity contribution < 1.29 is 9.59 Å². The molecule has 0 unspecified atom stereocenters. The van der Waals surface area contributed by atoms with Crippen molar-refractivity contribution in [1.82, 2.24) is 20.3 Å². The molecule has 0 saturated carbocycles. The lowest BCUT2D eigenvalue weighted by Gasteiger charge is -2.08. The van der Waals surface area contributed by atoms with Crippen molar-refractivity contribution in [2.75, 3.05) is 11.9 Å². The second-order valence-corrected chi connectivity index (χ2v) is 5.73. The summed E-state index contributed by atoms with van der Waals surface area (Å²) in [5.74, 6) is 0.680. The summed E-state index contributed by atoms with van der Waals surface area (Å²) in [6.45, 7) is 0.308. The van der Waals surface area contributed by atoms with E-state index in [1.807, 2.05) is 35.0 Å². The minimum absolute atomic E-state index is 0.0947. The highest BCUT2D eigenvalue weighted by Gasteiger charge is 2.11. The van der Waals surface area contributed by atoms with Crippen LogP contribution < -0.4 is 16.4 Å². The minimum Gasteiger partial charge on any atom is -0.369 e. The molecule has 3 amide bonds. The molecule has 9 heteroatoms. The Morgan fingerprint density at radius 3 is 2.83 bits per heavy atom. The van der Waals surface area contributed by atoms with Gasteiger partial charge in [-0.15, -0.1) is 11.3 Å². The summed E-state index contributed by atoms with van der Waals surface area (Å²) in [6, 6.07) is 6.57. The predicted molar refractivity (Wildman–Crippen MR) is 91.5 cm³/mol. The third-order valence-corrected chi connectivity index (χ3v) is 3.93. The number of amides is 3. The molecule has 0 fully saturated rings. The number of nitrogens with two attached hydrogens (primary N) is 1. The molecule has 122 valence electrons. The number of carbonyl (C=O) groups excluding carboxylic acids is 2. The van der Waals surface area contributed by atoms with Crippen LogP contribution in [-0.2, 0) is 4.79 Å². The van der Waals surface area contributed by atoms with Crippen molar-refractivity contribution in [3.63, 3.8) is 0 Å². The average molecular weight is 342 g/mol. The molecule has 0 bridgehead atoms. The lowest BCUT2D eigenvalue weighted by molar-refractivity contribution is -0.119. The molecule has 0 aliphatic heterocycles. The van der Waals surface area contributed by atoms with E-state index >= 15 is 0 Å². The van der Waals surface area contributed by atoms with Crippen LogP contribution in [0.3, 0.4) is 0 Å². The number of hydrogen-bond donors (Lipinski definition) is 3. The SMILES string of the molecule is NC(=O)NC(=O)CCNc1nc(-c2ccccn2)nc2sccc12. The summed E-state index contributed by atoms with van der Waals surface area (Å²) in [6.07, 6.45) is 1.77. The number of rotatable bonds is 5. The summed E-state index contributed by atoms with van der Waals surface area (Å²) in [7, 11) is 0. The molecule has 0 saturated heterocycles. The van der Waals surface area contributed by atoms with Gasteiger partial charge in [-0.1, -0.05) is 6.07 Å². The summed E-state index contributed by atoms with van der Waals surface area (Å²) < 4.78 is 0. The fourth-order valence-electron chi connectivity index (χ4n) is 2.09. The zero-order chi connectivity index (χ0) is 16.9. The quantitative estimate of drug-likeness (QED) is 0.649. The zero-order valence-corrected chi connectivity index (χ0v) is 13.3. The number of pyridine rings is 1. The third-order valence-electron chi connectivity index (χ3n) is 3.13. The van der Waals surface area contributed by atoms with E-state index in [-0.39, 0.29) is 6.42 Å². The fourth-order valence-corrected chi connectivity index (χ4v) is 2.86. The number of imide groups is 1. The van der Waals surface area contributed by atoms with Gasteiger partial charge >= 0.3 is 6.03 Å². The zero-order valence-electron chi connectivity index (χ0n) is 12.5. The number of hydrogen-bond acceptors (Lipinski definition) is 7. The van der Waals surface area contributed by atoms with Gasteiger partial charge in [0.05, 0.1) is 5.39 Å². The van der Waals surface area contributed by atoms with Gasteiger partial charge in [0.1, 0.15) is 16.3 Å². The Morgan fingerprint density at radius 2 is 2.08 bits per heavy atom. The largest absolute Gasteiger partial charge is 0.369 e. The van der Waals surface area contributed by atoms with E-state index in [0.717, 1.165) is 10.2 Å². The molecule has 8 nitrogen and oxygen atoms in total. The number of nitrogens with one attached hydrogen (secondary N) is 2. The fraction of sp³-hybridized carbons (Fsp3) is 0.133. The second-order valence-electron chi connectivity index (χ2n) is 4.84. The third kappa shape index (κ3) is 3.63. The molecule has 0 aliphatic rings. The van der Waals surface area contributed by atoms with Crippen LogP contribution in [0.2, 0.25) is 0 Å². The van der Waals surface area contributed by atoms with E-state index in [1.54, 1.807) is 6.20 Å². The smallest absolute Gasteiger partial charge is 0.318 e. The first-order valence-corrected chi connectivity index (χ1v) is 8.01. The first-order valence-electron chi connectivity index (χ1n) is 7.13. The van der Waals surface area contributed by atoms with E-state index in [1.165, 1.54) is 11.3 Å². The van der Waals surface area contributed by atoms with Gasteiger partial charge in [-0.05, 0) is 23.6 Å². The number of thiophene rings is 1. The van der Waals surface area contributed by atoms with Crippen LogP contribution in [0, 0.1) is 0 Å². The van der Waals surface area contributed by atoms with Gasteiger partial charge in [0.25, 0.3) is 0 Å². The van der Waals surface area contributed by atoms with Crippen molar-refractivity contribution in [3.8, 4) is 11.5 Å². The lowest BCUT2D eigenvalue weighted by atomic mass is 10.3. The molecule has 0 aromatic carbocycles. The normalized spacial score (nSPS) is 10.5. The maximum absolute atomic E-state index is 11.5. The van der Waals surface area contributed by atoms with Crippen molar-refractivity contribution in [2.45, 2.75) is 6.42 Å². The van der Waals surface area contributed by atoms with Gasteiger partial charge in [-0.25, -0.2) is 14.8 Å². The summed E-state index contributed by atoms with van der Waals surface area (Å²) in [5.41, 5.74) is 5.57. The molecule has 4 N–H and O–H groups in total. The molecular formula is C15H14N6O2S. The van der Waals surface area contributed by atoms with Gasteiger partial charge in [-0.2, -0.15) is 0 Å². The minimum atomic E-state index is -0.861. The highest BCUT2D eigenvalue weighted by Crippen LogP contribution is 2.27. The molecule has 0 atom stereocenters. The maximum Gasteiger partial charge on any atom is 0.318 e. The van der Waals surface area contributed by atoms with Crippen molar-refractivity contribution in [3.05, 3.63) is 35.8 Å². The Hall–Kier alpha value is -3.07. The van der Waals surface area contributed by atoms with Crippen LogP contribution >= 0.6 is 11.3 Å². The average Bonchev–Trinajstić information content (AvgIpc) is 3.03. The highest BCUT2D eigenvalue weighted by molar-refractivity contribution is 7.16.